The van der Waals surface area contributed by atoms with Gasteiger partial charge in [0, 0.05) is 11.3 Å². The Bertz CT molecular complexity index is 969. The maximum atomic E-state index is 13.9. The number of rotatable bonds is 4. The first-order valence-corrected chi connectivity index (χ1v) is 8.96. The summed E-state index contributed by atoms with van der Waals surface area (Å²) in [7, 11) is 0. The summed E-state index contributed by atoms with van der Waals surface area (Å²) in [6.45, 7) is 0.662. The maximum Gasteiger partial charge on any atom is 0.254 e. The molecule has 0 aliphatic heterocycles. The number of nitrogens with one attached hydrogen (secondary N) is 1. The zero-order valence-electron chi connectivity index (χ0n) is 14.7. The van der Waals surface area contributed by atoms with Gasteiger partial charge in [-0.1, -0.05) is 30.3 Å². The SMILES string of the molecule is O=C(NC1CCCc2c1cnn2Cc1ccccc1)c1cc(F)ccc1F. The van der Waals surface area contributed by atoms with Crippen LogP contribution in [-0.2, 0) is 13.0 Å². The van der Waals surface area contributed by atoms with Gasteiger partial charge in [-0.3, -0.25) is 9.48 Å². The standard InChI is InChI=1S/C21H19F2N3O/c22-15-9-10-18(23)16(11-15)21(27)25-19-7-4-8-20-17(19)12-24-26(20)13-14-5-2-1-3-6-14/h1-3,5-6,9-12,19H,4,7-8,13H2,(H,25,27). The molecule has 1 unspecified atom stereocenters. The number of halogens is 2. The van der Waals surface area contributed by atoms with Gasteiger partial charge < -0.3 is 5.32 Å². The van der Waals surface area contributed by atoms with Crippen LogP contribution >= 0.6 is 0 Å². The summed E-state index contributed by atoms with van der Waals surface area (Å²) < 4.78 is 29.2. The van der Waals surface area contributed by atoms with Crippen LogP contribution in [0.4, 0.5) is 8.78 Å². The molecule has 0 bridgehead atoms. The smallest absolute Gasteiger partial charge is 0.254 e. The molecule has 4 nitrogen and oxygen atoms in total. The summed E-state index contributed by atoms with van der Waals surface area (Å²) in [6.07, 6.45) is 4.28. The van der Waals surface area contributed by atoms with Gasteiger partial charge >= 0.3 is 0 Å². The van der Waals surface area contributed by atoms with Gasteiger partial charge in [0.1, 0.15) is 11.6 Å². The minimum atomic E-state index is -0.732. The first-order valence-electron chi connectivity index (χ1n) is 8.96. The Hall–Kier alpha value is -3.02. The second-order valence-electron chi connectivity index (χ2n) is 6.73. The van der Waals surface area contributed by atoms with Crippen molar-refractivity contribution in [2.24, 2.45) is 0 Å². The normalized spacial score (nSPS) is 16.0. The minimum Gasteiger partial charge on any atom is -0.345 e. The van der Waals surface area contributed by atoms with Crippen molar-refractivity contribution in [1.29, 1.82) is 0 Å². The summed E-state index contributed by atoms with van der Waals surface area (Å²) in [6, 6.07) is 12.7. The van der Waals surface area contributed by atoms with E-state index in [2.05, 4.69) is 10.4 Å². The fourth-order valence-electron chi connectivity index (χ4n) is 3.57. The topological polar surface area (TPSA) is 46.9 Å². The highest BCUT2D eigenvalue weighted by atomic mass is 19.1. The van der Waals surface area contributed by atoms with Crippen LogP contribution in [0.3, 0.4) is 0 Å². The quantitative estimate of drug-likeness (QED) is 0.757. The van der Waals surface area contributed by atoms with E-state index in [0.717, 1.165) is 54.3 Å². The fraction of sp³-hybridized carbons (Fsp3) is 0.238. The van der Waals surface area contributed by atoms with E-state index in [9.17, 15) is 13.6 Å². The molecule has 1 aliphatic rings. The molecule has 4 rings (SSSR count). The monoisotopic (exact) mass is 367 g/mol. The van der Waals surface area contributed by atoms with E-state index < -0.39 is 17.5 Å². The van der Waals surface area contributed by atoms with Gasteiger partial charge in [-0.2, -0.15) is 5.10 Å². The molecule has 1 atom stereocenters. The van der Waals surface area contributed by atoms with Gasteiger partial charge in [-0.05, 0) is 43.0 Å². The van der Waals surface area contributed by atoms with Gasteiger partial charge in [-0.25, -0.2) is 8.78 Å². The summed E-state index contributed by atoms with van der Waals surface area (Å²) >= 11 is 0. The number of hydrogen-bond donors (Lipinski definition) is 1. The lowest BCUT2D eigenvalue weighted by molar-refractivity contribution is 0.0928. The number of benzene rings is 2. The zero-order valence-corrected chi connectivity index (χ0v) is 14.7. The number of fused-ring (bicyclic) bond motifs is 1. The van der Waals surface area contributed by atoms with Gasteiger partial charge in [0.05, 0.1) is 24.3 Å². The van der Waals surface area contributed by atoms with Crippen molar-refractivity contribution in [3.05, 3.63) is 88.7 Å². The number of carbonyl (C=O) groups is 1. The van der Waals surface area contributed by atoms with E-state index in [1.807, 2.05) is 35.0 Å². The predicted octanol–water partition coefficient (Wildman–Crippen LogP) is 4.02. The van der Waals surface area contributed by atoms with Crippen molar-refractivity contribution in [2.45, 2.75) is 31.8 Å². The molecule has 2 aromatic carbocycles. The van der Waals surface area contributed by atoms with Gasteiger partial charge in [0.25, 0.3) is 5.91 Å². The highest BCUT2D eigenvalue weighted by Crippen LogP contribution is 2.30. The summed E-state index contributed by atoms with van der Waals surface area (Å²) in [4.78, 5) is 12.4. The second kappa shape index (κ2) is 7.31. The molecule has 1 aliphatic carbocycles. The molecular weight excluding hydrogens is 348 g/mol. The Morgan fingerprint density at radius 3 is 2.81 bits per heavy atom. The molecule has 3 aromatic rings. The van der Waals surface area contributed by atoms with Gasteiger partial charge in [-0.15, -0.1) is 0 Å². The second-order valence-corrected chi connectivity index (χ2v) is 6.73. The van der Waals surface area contributed by atoms with E-state index in [0.29, 0.717) is 6.54 Å². The molecule has 1 aromatic heterocycles. The van der Waals surface area contributed by atoms with E-state index in [1.165, 1.54) is 0 Å². The number of carbonyl (C=O) groups excluding carboxylic acids is 1. The van der Waals surface area contributed by atoms with Crippen molar-refractivity contribution in [3.63, 3.8) is 0 Å². The zero-order chi connectivity index (χ0) is 18.8. The van der Waals surface area contributed by atoms with E-state index in [-0.39, 0.29) is 11.6 Å². The van der Waals surface area contributed by atoms with E-state index in [1.54, 1.807) is 6.20 Å². The van der Waals surface area contributed by atoms with Crippen LogP contribution in [0.5, 0.6) is 0 Å². The third-order valence-corrected chi connectivity index (χ3v) is 4.92. The lowest BCUT2D eigenvalue weighted by Gasteiger charge is -2.24. The molecule has 27 heavy (non-hydrogen) atoms. The van der Waals surface area contributed by atoms with Crippen molar-refractivity contribution in [1.82, 2.24) is 15.1 Å². The van der Waals surface area contributed by atoms with Crippen molar-refractivity contribution >= 4 is 5.91 Å². The molecular formula is C21H19F2N3O. The van der Waals surface area contributed by atoms with Crippen LogP contribution in [0, 0.1) is 11.6 Å². The van der Waals surface area contributed by atoms with Crippen LogP contribution in [0.2, 0.25) is 0 Å². The molecule has 0 saturated heterocycles. The van der Waals surface area contributed by atoms with Crippen LogP contribution in [0.1, 0.15) is 46.1 Å². The van der Waals surface area contributed by atoms with Crippen LogP contribution in [-0.4, -0.2) is 15.7 Å². The van der Waals surface area contributed by atoms with E-state index in [4.69, 9.17) is 0 Å². The van der Waals surface area contributed by atoms with Gasteiger partial charge in [0.15, 0.2) is 0 Å². The number of hydrogen-bond acceptors (Lipinski definition) is 2. The molecule has 6 heteroatoms. The minimum absolute atomic E-state index is 0.256. The first-order chi connectivity index (χ1) is 13.1. The Kier molecular flexibility index (Phi) is 4.71. The summed E-state index contributed by atoms with van der Waals surface area (Å²) in [5.74, 6) is -1.98. The largest absolute Gasteiger partial charge is 0.345 e. The Morgan fingerprint density at radius 1 is 1.19 bits per heavy atom. The summed E-state index contributed by atoms with van der Waals surface area (Å²) in [5.41, 5.74) is 2.90. The number of nitrogens with zero attached hydrogens (tertiary/aromatic N) is 2. The van der Waals surface area contributed by atoms with Gasteiger partial charge in [0.2, 0.25) is 0 Å². The average Bonchev–Trinajstić information content (AvgIpc) is 3.08. The number of aromatic nitrogens is 2. The Balaban J connectivity index is 1.55. The molecule has 138 valence electrons. The average molecular weight is 367 g/mol. The lowest BCUT2D eigenvalue weighted by atomic mass is 9.92. The molecule has 1 amide bonds. The third kappa shape index (κ3) is 3.60. The lowest BCUT2D eigenvalue weighted by Crippen LogP contribution is -2.31. The van der Waals surface area contributed by atoms with Crippen molar-refractivity contribution in [2.75, 3.05) is 0 Å². The molecule has 0 fully saturated rings. The molecule has 0 radical (unpaired) electrons. The Labute approximate surface area is 155 Å². The first kappa shape index (κ1) is 17.4. The third-order valence-electron chi connectivity index (χ3n) is 4.92. The van der Waals surface area contributed by atoms with Crippen molar-refractivity contribution in [3.8, 4) is 0 Å². The van der Waals surface area contributed by atoms with E-state index >= 15 is 0 Å². The molecule has 0 spiro atoms. The maximum absolute atomic E-state index is 13.9. The highest BCUT2D eigenvalue weighted by Gasteiger charge is 2.26. The van der Waals surface area contributed by atoms with Crippen LogP contribution < -0.4 is 5.32 Å². The van der Waals surface area contributed by atoms with Crippen molar-refractivity contribution < 1.29 is 13.6 Å². The molecule has 1 heterocycles. The summed E-state index contributed by atoms with van der Waals surface area (Å²) in [5, 5.41) is 7.32. The molecule has 1 N–H and O–H groups in total. The highest BCUT2D eigenvalue weighted by molar-refractivity contribution is 5.94. The predicted molar refractivity (Wildman–Crippen MR) is 97.3 cm³/mol. The fourth-order valence-corrected chi connectivity index (χ4v) is 3.57. The molecule has 0 saturated carbocycles. The van der Waals surface area contributed by atoms with Crippen LogP contribution in [0.15, 0.2) is 54.7 Å². The van der Waals surface area contributed by atoms with Crippen LogP contribution in [0.25, 0.3) is 0 Å². The number of amides is 1. The Morgan fingerprint density at radius 2 is 2.00 bits per heavy atom.